The van der Waals surface area contributed by atoms with Gasteiger partial charge in [0.2, 0.25) is 0 Å². The smallest absolute Gasteiger partial charge is 0.271 e. The Bertz CT molecular complexity index is 1600. The highest BCUT2D eigenvalue weighted by Gasteiger charge is 2.33. The molecule has 0 amide bonds. The minimum Gasteiger partial charge on any atom is -0.330 e. The number of benzene rings is 2. The Kier molecular flexibility index (Phi) is 9.48. The van der Waals surface area contributed by atoms with Gasteiger partial charge in [0.05, 0.1) is 17.0 Å². The highest BCUT2D eigenvalue weighted by atomic mass is 32.2. The van der Waals surface area contributed by atoms with E-state index in [-0.39, 0.29) is 22.4 Å². The molecule has 1 atom stereocenters. The Balaban J connectivity index is 1.46. The van der Waals surface area contributed by atoms with E-state index in [4.69, 9.17) is 25.2 Å². The van der Waals surface area contributed by atoms with E-state index in [1.54, 1.807) is 18.2 Å². The van der Waals surface area contributed by atoms with Gasteiger partial charge < -0.3 is 5.73 Å². The molecule has 11 heteroatoms. The van der Waals surface area contributed by atoms with Crippen molar-refractivity contribution in [2.75, 3.05) is 19.6 Å². The van der Waals surface area contributed by atoms with Gasteiger partial charge >= 0.3 is 0 Å². The first-order valence-corrected chi connectivity index (χ1v) is 15.2. The fourth-order valence-electron chi connectivity index (χ4n) is 5.27. The zero-order valence-corrected chi connectivity index (χ0v) is 25.9. The van der Waals surface area contributed by atoms with Crippen molar-refractivity contribution in [1.29, 1.82) is 0 Å². The van der Waals surface area contributed by atoms with E-state index in [1.807, 2.05) is 62.8 Å². The van der Waals surface area contributed by atoms with Crippen molar-refractivity contribution in [2.24, 2.45) is 11.1 Å². The SMILES string of the molecule is Cc1ccccc1-n1nc(-c2cn(CC3(CN)CCCN(SOOC(C)(C)C)CC3)nc2-c2ccc(F)cc2)ccc1=O. The number of nitrogens with zero attached hydrogens (tertiary/aromatic N) is 5. The number of para-hydroxylation sites is 1. The van der Waals surface area contributed by atoms with Gasteiger partial charge in [0.25, 0.3) is 5.56 Å². The Labute approximate surface area is 256 Å². The van der Waals surface area contributed by atoms with E-state index in [9.17, 15) is 9.18 Å². The highest BCUT2D eigenvalue weighted by molar-refractivity contribution is 7.92. The molecule has 0 radical (unpaired) electrons. The second kappa shape index (κ2) is 13.1. The third-order valence-corrected chi connectivity index (χ3v) is 8.36. The van der Waals surface area contributed by atoms with Crippen LogP contribution in [-0.4, -0.2) is 49.1 Å². The maximum absolute atomic E-state index is 13.9. The van der Waals surface area contributed by atoms with Gasteiger partial charge in [-0.2, -0.15) is 14.9 Å². The molecule has 1 aliphatic rings. The second-order valence-electron chi connectivity index (χ2n) is 12.2. The van der Waals surface area contributed by atoms with Crippen LogP contribution in [-0.2, 0) is 15.8 Å². The van der Waals surface area contributed by atoms with Gasteiger partial charge in [-0.05, 0) is 95.5 Å². The molecule has 9 nitrogen and oxygen atoms in total. The van der Waals surface area contributed by atoms with Crippen LogP contribution in [0.2, 0.25) is 0 Å². The number of hydrogen-bond acceptors (Lipinski definition) is 8. The minimum atomic E-state index is -0.387. The fourth-order valence-corrected chi connectivity index (χ4v) is 5.96. The predicted octanol–water partition coefficient (Wildman–Crippen LogP) is 5.95. The lowest BCUT2D eigenvalue weighted by molar-refractivity contribution is -0.264. The molecule has 0 spiro atoms. The van der Waals surface area contributed by atoms with E-state index in [1.165, 1.54) is 35.1 Å². The lowest BCUT2D eigenvalue weighted by Gasteiger charge is -2.31. The molecule has 0 bridgehead atoms. The summed E-state index contributed by atoms with van der Waals surface area (Å²) >= 11 is 1.24. The molecule has 4 aromatic rings. The van der Waals surface area contributed by atoms with Gasteiger partial charge in [-0.3, -0.25) is 9.48 Å². The Morgan fingerprint density at radius 3 is 2.51 bits per heavy atom. The molecule has 43 heavy (non-hydrogen) atoms. The van der Waals surface area contributed by atoms with E-state index in [2.05, 4.69) is 4.31 Å². The molecule has 1 fully saturated rings. The average Bonchev–Trinajstić information content (AvgIpc) is 3.28. The van der Waals surface area contributed by atoms with Crippen LogP contribution in [0, 0.1) is 18.2 Å². The molecule has 5 rings (SSSR count). The Hall–Kier alpha value is -3.35. The molecule has 228 valence electrons. The molecular weight excluding hydrogens is 567 g/mol. The van der Waals surface area contributed by atoms with E-state index in [0.29, 0.717) is 30.2 Å². The van der Waals surface area contributed by atoms with E-state index >= 15 is 0 Å². The van der Waals surface area contributed by atoms with Crippen molar-refractivity contribution in [3.63, 3.8) is 0 Å². The van der Waals surface area contributed by atoms with Crippen molar-refractivity contribution >= 4 is 12.2 Å². The monoisotopic (exact) mass is 606 g/mol. The number of aromatic nitrogens is 4. The molecule has 2 aromatic heterocycles. The Morgan fingerprint density at radius 2 is 1.79 bits per heavy atom. The summed E-state index contributed by atoms with van der Waals surface area (Å²) in [7, 11) is 0. The van der Waals surface area contributed by atoms with E-state index < -0.39 is 0 Å². The number of aryl methyl sites for hydroxylation is 1. The van der Waals surface area contributed by atoms with Crippen molar-refractivity contribution in [3.05, 3.63) is 88.6 Å². The molecule has 1 saturated heterocycles. The summed E-state index contributed by atoms with van der Waals surface area (Å²) in [6, 6.07) is 17.1. The van der Waals surface area contributed by atoms with Gasteiger partial charge in [-0.1, -0.05) is 18.2 Å². The molecule has 0 saturated carbocycles. The topological polar surface area (TPSA) is 100 Å². The van der Waals surface area contributed by atoms with Crippen molar-refractivity contribution < 1.29 is 13.6 Å². The molecule has 3 heterocycles. The summed E-state index contributed by atoms with van der Waals surface area (Å²) in [5.41, 5.74) is 10.1. The summed E-state index contributed by atoms with van der Waals surface area (Å²) in [5, 5.41) is 9.75. The first-order chi connectivity index (χ1) is 20.6. The van der Waals surface area contributed by atoms with Crippen LogP contribution in [0.25, 0.3) is 28.2 Å². The van der Waals surface area contributed by atoms with Crippen molar-refractivity contribution in [1.82, 2.24) is 23.9 Å². The molecule has 1 unspecified atom stereocenters. The zero-order chi connectivity index (χ0) is 30.6. The van der Waals surface area contributed by atoms with Crippen LogP contribution in [0.5, 0.6) is 0 Å². The van der Waals surface area contributed by atoms with Gasteiger partial charge in [0.1, 0.15) is 23.7 Å². The zero-order valence-electron chi connectivity index (χ0n) is 25.1. The van der Waals surface area contributed by atoms with Crippen LogP contribution in [0.1, 0.15) is 45.6 Å². The Morgan fingerprint density at radius 1 is 1.02 bits per heavy atom. The quantitative estimate of drug-likeness (QED) is 0.108. The average molecular weight is 607 g/mol. The molecule has 1 aliphatic heterocycles. The fraction of sp³-hybridized carbons (Fsp3) is 0.406. The summed E-state index contributed by atoms with van der Waals surface area (Å²) in [4.78, 5) is 18.3. The van der Waals surface area contributed by atoms with Gasteiger partial charge in [0.15, 0.2) is 0 Å². The van der Waals surface area contributed by atoms with E-state index in [0.717, 1.165) is 49.0 Å². The van der Waals surface area contributed by atoms with Crippen LogP contribution in [0.4, 0.5) is 4.39 Å². The third-order valence-electron chi connectivity index (χ3n) is 7.66. The highest BCUT2D eigenvalue weighted by Crippen LogP contribution is 2.36. The predicted molar refractivity (Wildman–Crippen MR) is 168 cm³/mol. The lowest BCUT2D eigenvalue weighted by Crippen LogP contribution is -2.36. The van der Waals surface area contributed by atoms with Crippen LogP contribution in [0.15, 0.2) is 71.7 Å². The van der Waals surface area contributed by atoms with Gasteiger partial charge in [-0.15, -0.1) is 4.33 Å². The van der Waals surface area contributed by atoms with Gasteiger partial charge in [0, 0.05) is 48.4 Å². The first-order valence-electron chi connectivity index (χ1n) is 14.5. The molecule has 2 aromatic carbocycles. The largest absolute Gasteiger partial charge is 0.330 e. The minimum absolute atomic E-state index is 0.184. The molecule has 2 N–H and O–H groups in total. The van der Waals surface area contributed by atoms with Crippen molar-refractivity contribution in [3.8, 4) is 28.2 Å². The summed E-state index contributed by atoms with van der Waals surface area (Å²) in [5.74, 6) is -0.323. The molecular formula is C32H39FN6O3S. The number of hydrogen-bond donors (Lipinski definition) is 1. The van der Waals surface area contributed by atoms with Crippen molar-refractivity contribution in [2.45, 2.75) is 59.1 Å². The number of halogens is 1. The maximum atomic E-state index is 13.9. The maximum Gasteiger partial charge on any atom is 0.271 e. The lowest BCUT2D eigenvalue weighted by atomic mass is 9.80. The standard InChI is InChI=1S/C32H39FN6O3S/c1-23-8-5-6-9-28(23)39-29(40)15-14-27(35-39)26-20-37(36-30(26)24-10-12-25(33)13-11-24)22-32(21-34)16-7-18-38(19-17-32)43-42-41-31(2,3)4/h5-6,8-15,20H,7,16-19,21-22,34H2,1-4H3. The van der Waals surface area contributed by atoms with Gasteiger partial charge in [-0.25, -0.2) is 13.6 Å². The van der Waals surface area contributed by atoms with Crippen LogP contribution in [0.3, 0.4) is 0 Å². The molecule has 0 aliphatic carbocycles. The summed E-state index contributed by atoms with van der Waals surface area (Å²) in [6.45, 7) is 10.5. The normalized spacial score (nSPS) is 18.1. The third kappa shape index (κ3) is 7.60. The first kappa shape index (κ1) is 31.1. The number of nitrogens with two attached hydrogens (primary N) is 1. The van der Waals surface area contributed by atoms with Crippen LogP contribution >= 0.6 is 12.2 Å². The summed E-state index contributed by atoms with van der Waals surface area (Å²) < 4.78 is 24.8. The second-order valence-corrected chi connectivity index (χ2v) is 13.0. The number of rotatable bonds is 9. The van der Waals surface area contributed by atoms with Crippen LogP contribution < -0.4 is 11.3 Å². The summed E-state index contributed by atoms with van der Waals surface area (Å²) in [6.07, 6.45) is 4.69.